The average Bonchev–Trinajstić information content (AvgIpc) is 2.62. The lowest BCUT2D eigenvalue weighted by Crippen LogP contribution is -2.49. The third-order valence-corrected chi connectivity index (χ3v) is 4.69. The molecule has 0 radical (unpaired) electrons. The molecule has 1 aromatic rings. The lowest BCUT2D eigenvalue weighted by atomic mass is 9.97. The van der Waals surface area contributed by atoms with Crippen molar-refractivity contribution < 1.29 is 9.59 Å². The number of piperazine rings is 1. The average molecular weight is 331 g/mol. The van der Waals surface area contributed by atoms with Gasteiger partial charge in [0.15, 0.2) is 0 Å². The lowest BCUT2D eigenvalue weighted by Gasteiger charge is -2.34. The Morgan fingerprint density at radius 1 is 1.12 bits per heavy atom. The molecule has 5 heteroatoms. The number of carbonyl (C=O) groups excluding carboxylic acids is 2. The molecule has 24 heavy (non-hydrogen) atoms. The number of likely N-dealkylation sites (N-methyl/N-ethyl adjacent to an activating group) is 1. The Hall–Kier alpha value is -1.88. The van der Waals surface area contributed by atoms with E-state index in [1.54, 1.807) is 0 Å². The fraction of sp³-hybridized carbons (Fsp3) is 0.579. The summed E-state index contributed by atoms with van der Waals surface area (Å²) >= 11 is 0. The number of hydrogen-bond acceptors (Lipinski definition) is 3. The molecular weight excluding hydrogens is 302 g/mol. The van der Waals surface area contributed by atoms with Gasteiger partial charge in [0.05, 0.1) is 0 Å². The number of nitrogens with one attached hydrogen (secondary N) is 1. The van der Waals surface area contributed by atoms with E-state index in [2.05, 4.69) is 17.1 Å². The number of hydrogen-bond donors (Lipinski definition) is 1. The Labute approximate surface area is 145 Å². The number of benzene rings is 1. The molecule has 1 unspecified atom stereocenters. The molecule has 0 saturated carbocycles. The molecule has 2 rings (SSSR count). The summed E-state index contributed by atoms with van der Waals surface area (Å²) in [5.41, 5.74) is 1.16. The molecule has 2 amide bonds. The molecule has 1 heterocycles. The molecule has 0 aromatic heterocycles. The highest BCUT2D eigenvalue weighted by atomic mass is 16.2. The lowest BCUT2D eigenvalue weighted by molar-refractivity contribution is -0.132. The van der Waals surface area contributed by atoms with Gasteiger partial charge in [-0.15, -0.1) is 0 Å². The first-order valence-electron chi connectivity index (χ1n) is 8.92. The third-order valence-electron chi connectivity index (χ3n) is 4.69. The summed E-state index contributed by atoms with van der Waals surface area (Å²) < 4.78 is 0. The van der Waals surface area contributed by atoms with E-state index in [0.29, 0.717) is 19.4 Å². The summed E-state index contributed by atoms with van der Waals surface area (Å²) in [6.45, 7) is 9.14. The van der Waals surface area contributed by atoms with Gasteiger partial charge in [0.25, 0.3) is 0 Å². The standard InChI is InChI=1S/C19H29N3O2/c1-3-21-11-13-22(14-12-21)19(24)9-10-20-18(23)15-16(2)17-7-5-4-6-8-17/h4-8,16H,3,9-15H2,1-2H3,(H,20,23). The predicted octanol–water partition coefficient (Wildman–Crippen LogP) is 1.85. The van der Waals surface area contributed by atoms with Gasteiger partial charge in [-0.25, -0.2) is 0 Å². The molecule has 0 aliphatic carbocycles. The fourth-order valence-electron chi connectivity index (χ4n) is 3.03. The Bertz CT molecular complexity index is 525. The Balaban J connectivity index is 1.64. The minimum atomic E-state index is 0.00922. The van der Waals surface area contributed by atoms with Gasteiger partial charge in [-0.3, -0.25) is 9.59 Å². The summed E-state index contributed by atoms with van der Waals surface area (Å²) in [6.07, 6.45) is 0.838. The van der Waals surface area contributed by atoms with E-state index >= 15 is 0 Å². The molecular formula is C19H29N3O2. The smallest absolute Gasteiger partial charge is 0.224 e. The molecule has 1 saturated heterocycles. The predicted molar refractivity (Wildman–Crippen MR) is 95.8 cm³/mol. The van der Waals surface area contributed by atoms with Gasteiger partial charge < -0.3 is 15.1 Å². The molecule has 0 spiro atoms. The number of amides is 2. The Morgan fingerprint density at radius 3 is 2.42 bits per heavy atom. The van der Waals surface area contributed by atoms with Crippen LogP contribution in [0.2, 0.25) is 0 Å². The van der Waals surface area contributed by atoms with Crippen LogP contribution in [0.5, 0.6) is 0 Å². The van der Waals surface area contributed by atoms with Crippen LogP contribution in [0.3, 0.4) is 0 Å². The van der Waals surface area contributed by atoms with Gasteiger partial charge in [0.2, 0.25) is 11.8 Å². The van der Waals surface area contributed by atoms with E-state index in [4.69, 9.17) is 0 Å². The highest BCUT2D eigenvalue weighted by Crippen LogP contribution is 2.17. The number of rotatable bonds is 7. The van der Waals surface area contributed by atoms with E-state index in [0.717, 1.165) is 38.3 Å². The van der Waals surface area contributed by atoms with Crippen molar-refractivity contribution in [2.24, 2.45) is 0 Å². The molecule has 1 atom stereocenters. The maximum absolute atomic E-state index is 12.2. The van der Waals surface area contributed by atoms with Gasteiger partial charge in [-0.1, -0.05) is 44.2 Å². The van der Waals surface area contributed by atoms with Crippen LogP contribution in [0.4, 0.5) is 0 Å². The first kappa shape index (κ1) is 18.5. The maximum Gasteiger partial charge on any atom is 0.224 e. The van der Waals surface area contributed by atoms with Crippen LogP contribution in [-0.4, -0.2) is 60.9 Å². The highest BCUT2D eigenvalue weighted by Gasteiger charge is 2.20. The minimum Gasteiger partial charge on any atom is -0.356 e. The summed E-state index contributed by atoms with van der Waals surface area (Å²) in [5, 5.41) is 2.88. The molecule has 5 nitrogen and oxygen atoms in total. The number of carbonyl (C=O) groups is 2. The van der Waals surface area contributed by atoms with E-state index in [-0.39, 0.29) is 17.7 Å². The highest BCUT2D eigenvalue weighted by molar-refractivity contribution is 5.79. The van der Waals surface area contributed by atoms with Crippen LogP contribution in [-0.2, 0) is 9.59 Å². The first-order chi connectivity index (χ1) is 11.6. The second-order valence-electron chi connectivity index (χ2n) is 6.43. The van der Waals surface area contributed by atoms with Crippen molar-refractivity contribution in [3.05, 3.63) is 35.9 Å². The molecule has 0 bridgehead atoms. The van der Waals surface area contributed by atoms with Crippen LogP contribution < -0.4 is 5.32 Å². The molecule has 1 aliphatic rings. The van der Waals surface area contributed by atoms with Crippen molar-refractivity contribution in [3.63, 3.8) is 0 Å². The second-order valence-corrected chi connectivity index (χ2v) is 6.43. The van der Waals surface area contributed by atoms with Crippen molar-refractivity contribution in [3.8, 4) is 0 Å². The van der Waals surface area contributed by atoms with E-state index < -0.39 is 0 Å². The zero-order valence-electron chi connectivity index (χ0n) is 14.8. The Kier molecular flexibility index (Phi) is 7.25. The van der Waals surface area contributed by atoms with Gasteiger partial charge >= 0.3 is 0 Å². The van der Waals surface area contributed by atoms with Crippen molar-refractivity contribution in [1.82, 2.24) is 15.1 Å². The van der Waals surface area contributed by atoms with Crippen molar-refractivity contribution in [2.75, 3.05) is 39.3 Å². The molecule has 1 fully saturated rings. The third kappa shape index (κ3) is 5.64. The molecule has 1 aromatic carbocycles. The van der Waals surface area contributed by atoms with Crippen LogP contribution in [0.15, 0.2) is 30.3 Å². The number of nitrogens with zero attached hydrogens (tertiary/aromatic N) is 2. The van der Waals surface area contributed by atoms with E-state index in [1.807, 2.05) is 42.2 Å². The van der Waals surface area contributed by atoms with Gasteiger partial charge in [0, 0.05) is 45.6 Å². The normalized spacial score (nSPS) is 16.7. The second kappa shape index (κ2) is 9.42. The zero-order chi connectivity index (χ0) is 17.4. The summed E-state index contributed by atoms with van der Waals surface area (Å²) in [4.78, 5) is 28.4. The molecule has 1 N–H and O–H groups in total. The maximum atomic E-state index is 12.2. The van der Waals surface area contributed by atoms with Crippen molar-refractivity contribution in [2.45, 2.75) is 32.6 Å². The summed E-state index contributed by atoms with van der Waals surface area (Å²) in [6, 6.07) is 10.0. The summed E-state index contributed by atoms with van der Waals surface area (Å²) in [7, 11) is 0. The van der Waals surface area contributed by atoms with Crippen molar-refractivity contribution in [1.29, 1.82) is 0 Å². The minimum absolute atomic E-state index is 0.00922. The largest absolute Gasteiger partial charge is 0.356 e. The van der Waals surface area contributed by atoms with Gasteiger partial charge in [-0.2, -0.15) is 0 Å². The zero-order valence-corrected chi connectivity index (χ0v) is 14.8. The van der Waals surface area contributed by atoms with Gasteiger partial charge in [-0.05, 0) is 18.0 Å². The summed E-state index contributed by atoms with van der Waals surface area (Å²) in [5.74, 6) is 0.334. The van der Waals surface area contributed by atoms with Crippen LogP contribution >= 0.6 is 0 Å². The molecule has 132 valence electrons. The van der Waals surface area contributed by atoms with Crippen LogP contribution in [0.25, 0.3) is 0 Å². The molecule has 1 aliphatic heterocycles. The first-order valence-corrected chi connectivity index (χ1v) is 8.92. The SMILES string of the molecule is CCN1CCN(C(=O)CCNC(=O)CC(C)c2ccccc2)CC1. The van der Waals surface area contributed by atoms with E-state index in [9.17, 15) is 9.59 Å². The van der Waals surface area contributed by atoms with Crippen LogP contribution in [0.1, 0.15) is 38.2 Å². The Morgan fingerprint density at radius 2 is 1.79 bits per heavy atom. The van der Waals surface area contributed by atoms with Crippen LogP contribution in [0, 0.1) is 0 Å². The fourth-order valence-corrected chi connectivity index (χ4v) is 3.03. The van der Waals surface area contributed by atoms with Crippen molar-refractivity contribution >= 4 is 11.8 Å². The quantitative estimate of drug-likeness (QED) is 0.830. The topological polar surface area (TPSA) is 52.6 Å². The van der Waals surface area contributed by atoms with Gasteiger partial charge in [0.1, 0.15) is 0 Å². The van der Waals surface area contributed by atoms with E-state index in [1.165, 1.54) is 0 Å². The monoisotopic (exact) mass is 331 g/mol.